The van der Waals surface area contributed by atoms with Gasteiger partial charge < -0.3 is 15.4 Å². The van der Waals surface area contributed by atoms with Crippen LogP contribution in [0.5, 0.6) is 0 Å². The van der Waals surface area contributed by atoms with E-state index in [4.69, 9.17) is 4.74 Å². The van der Waals surface area contributed by atoms with Crippen molar-refractivity contribution in [2.45, 2.75) is 69.9 Å². The quantitative estimate of drug-likeness (QED) is 0.596. The van der Waals surface area contributed by atoms with Crippen LogP contribution in [0.15, 0.2) is 0 Å². The second-order valence-electron chi connectivity index (χ2n) is 6.35. The molecule has 3 unspecified atom stereocenters. The molecule has 4 N–H and O–H groups in total. The molecule has 2 rings (SSSR count). The summed E-state index contributed by atoms with van der Waals surface area (Å²) in [5, 5.41) is 12.9. The van der Waals surface area contributed by atoms with Gasteiger partial charge in [0.15, 0.2) is 5.79 Å². The predicted octanol–water partition coefficient (Wildman–Crippen LogP) is 1.48. The molecule has 1 aliphatic carbocycles. The van der Waals surface area contributed by atoms with Gasteiger partial charge in [-0.2, -0.15) is 0 Å². The molecule has 1 heterocycles. The summed E-state index contributed by atoms with van der Waals surface area (Å²) in [5.41, 5.74) is 0. The van der Waals surface area contributed by atoms with Gasteiger partial charge in [0, 0.05) is 32.5 Å². The monoisotopic (exact) mass is 298 g/mol. The number of hydrogen-bond acceptors (Lipinski definition) is 4. The van der Waals surface area contributed by atoms with Crippen molar-refractivity contribution in [2.24, 2.45) is 5.92 Å². The van der Waals surface area contributed by atoms with Crippen molar-refractivity contribution in [1.29, 1.82) is 0 Å². The van der Waals surface area contributed by atoms with Crippen molar-refractivity contribution in [1.82, 2.24) is 21.3 Å². The Morgan fingerprint density at radius 2 is 1.86 bits per heavy atom. The van der Waals surface area contributed by atoms with Crippen molar-refractivity contribution in [3.63, 3.8) is 0 Å². The standard InChI is InChI=1S/C15H30N4O2/c1-11-10-13(21-3)18-15(17-11,19-14(20)16-2)12-8-6-4-5-7-9-12/h11-13,17-18H,4-10H2,1-3H3,(H2,16,19,20). The lowest BCUT2D eigenvalue weighted by molar-refractivity contribution is -0.0472. The highest BCUT2D eigenvalue weighted by Gasteiger charge is 2.45. The number of hydrogen-bond donors (Lipinski definition) is 4. The van der Waals surface area contributed by atoms with Crippen LogP contribution in [0, 0.1) is 5.92 Å². The second kappa shape index (κ2) is 7.42. The molecule has 2 fully saturated rings. The van der Waals surface area contributed by atoms with E-state index in [1.807, 2.05) is 0 Å². The van der Waals surface area contributed by atoms with E-state index in [1.165, 1.54) is 25.7 Å². The van der Waals surface area contributed by atoms with Crippen LogP contribution < -0.4 is 21.3 Å². The van der Waals surface area contributed by atoms with Gasteiger partial charge in [0.2, 0.25) is 0 Å². The van der Waals surface area contributed by atoms with E-state index >= 15 is 0 Å². The summed E-state index contributed by atoms with van der Waals surface area (Å²) in [4.78, 5) is 12.0. The molecule has 2 amide bonds. The van der Waals surface area contributed by atoms with E-state index in [9.17, 15) is 4.79 Å². The van der Waals surface area contributed by atoms with Crippen LogP contribution in [0.3, 0.4) is 0 Å². The van der Waals surface area contributed by atoms with Gasteiger partial charge in [-0.25, -0.2) is 4.79 Å². The first-order chi connectivity index (χ1) is 10.1. The topological polar surface area (TPSA) is 74.4 Å². The summed E-state index contributed by atoms with van der Waals surface area (Å²) in [7, 11) is 3.36. The fourth-order valence-electron chi connectivity index (χ4n) is 3.64. The number of nitrogens with one attached hydrogen (secondary N) is 4. The van der Waals surface area contributed by atoms with Crippen LogP contribution in [0.1, 0.15) is 51.9 Å². The van der Waals surface area contributed by atoms with Crippen molar-refractivity contribution >= 4 is 6.03 Å². The first-order valence-corrected chi connectivity index (χ1v) is 8.17. The highest BCUT2D eigenvalue weighted by Crippen LogP contribution is 2.32. The van der Waals surface area contributed by atoms with Crippen molar-refractivity contribution < 1.29 is 9.53 Å². The zero-order chi connectivity index (χ0) is 15.3. The molecular weight excluding hydrogens is 268 g/mol. The van der Waals surface area contributed by atoms with Gasteiger partial charge in [0.1, 0.15) is 6.23 Å². The highest BCUT2D eigenvalue weighted by atomic mass is 16.5. The maximum atomic E-state index is 12.0. The van der Waals surface area contributed by atoms with Gasteiger partial charge in [0.05, 0.1) is 0 Å². The zero-order valence-corrected chi connectivity index (χ0v) is 13.5. The summed E-state index contributed by atoms with van der Waals surface area (Å²) in [6.45, 7) is 2.14. The van der Waals surface area contributed by atoms with E-state index < -0.39 is 5.79 Å². The van der Waals surface area contributed by atoms with Crippen LogP contribution in [0.4, 0.5) is 4.79 Å². The average molecular weight is 298 g/mol. The van der Waals surface area contributed by atoms with Crippen LogP contribution >= 0.6 is 0 Å². The maximum absolute atomic E-state index is 12.0. The molecular formula is C15H30N4O2. The molecule has 3 atom stereocenters. The fraction of sp³-hybridized carbons (Fsp3) is 0.933. The Morgan fingerprint density at radius 3 is 2.43 bits per heavy atom. The average Bonchev–Trinajstić information content (AvgIpc) is 2.75. The van der Waals surface area contributed by atoms with Crippen LogP contribution in [0.25, 0.3) is 0 Å². The van der Waals surface area contributed by atoms with Crippen molar-refractivity contribution in [3.8, 4) is 0 Å². The van der Waals surface area contributed by atoms with Crippen molar-refractivity contribution in [2.75, 3.05) is 14.2 Å². The van der Waals surface area contributed by atoms with Gasteiger partial charge >= 0.3 is 6.03 Å². The second-order valence-corrected chi connectivity index (χ2v) is 6.35. The molecule has 0 spiro atoms. The van der Waals surface area contributed by atoms with Gasteiger partial charge in [0.25, 0.3) is 0 Å². The van der Waals surface area contributed by atoms with E-state index in [-0.39, 0.29) is 18.3 Å². The molecule has 21 heavy (non-hydrogen) atoms. The molecule has 0 bridgehead atoms. The largest absolute Gasteiger partial charge is 0.366 e. The molecule has 1 saturated carbocycles. The predicted molar refractivity (Wildman–Crippen MR) is 82.7 cm³/mol. The Balaban J connectivity index is 2.21. The Bertz CT molecular complexity index is 345. The molecule has 2 aliphatic rings. The summed E-state index contributed by atoms with van der Waals surface area (Å²) in [6, 6.07) is 0.125. The zero-order valence-electron chi connectivity index (χ0n) is 13.5. The molecule has 6 nitrogen and oxygen atoms in total. The number of amides is 2. The smallest absolute Gasteiger partial charge is 0.317 e. The molecule has 0 aromatic heterocycles. The van der Waals surface area contributed by atoms with E-state index in [0.717, 1.165) is 19.3 Å². The minimum atomic E-state index is -0.581. The Hall–Kier alpha value is -0.850. The Morgan fingerprint density at radius 1 is 1.19 bits per heavy atom. The minimum Gasteiger partial charge on any atom is -0.366 e. The third-order valence-corrected chi connectivity index (χ3v) is 4.72. The summed E-state index contributed by atoms with van der Waals surface area (Å²) in [5.74, 6) is -0.208. The minimum absolute atomic E-state index is 0.0401. The first-order valence-electron chi connectivity index (χ1n) is 8.17. The molecule has 1 saturated heterocycles. The lowest BCUT2D eigenvalue weighted by atomic mass is 9.89. The van der Waals surface area contributed by atoms with E-state index in [2.05, 4.69) is 28.2 Å². The van der Waals surface area contributed by atoms with Gasteiger partial charge in [-0.3, -0.25) is 10.6 Å². The Kier molecular flexibility index (Phi) is 5.84. The summed E-state index contributed by atoms with van der Waals surface area (Å²) in [6.07, 6.45) is 8.10. The van der Waals surface area contributed by atoms with Gasteiger partial charge in [-0.1, -0.05) is 25.7 Å². The Labute approximate surface area is 127 Å². The SMILES string of the molecule is CNC(=O)NC1(C2CCCCCC2)NC(C)CC(OC)N1. The number of carbonyl (C=O) groups excluding carboxylic acids is 1. The first kappa shape index (κ1) is 16.5. The lowest BCUT2D eigenvalue weighted by Crippen LogP contribution is -2.78. The lowest BCUT2D eigenvalue weighted by Gasteiger charge is -2.49. The number of methoxy groups -OCH3 is 1. The third-order valence-electron chi connectivity index (χ3n) is 4.72. The molecule has 0 aromatic rings. The summed E-state index contributed by atoms with van der Waals surface area (Å²) >= 11 is 0. The number of rotatable bonds is 3. The maximum Gasteiger partial charge on any atom is 0.317 e. The molecule has 122 valence electrons. The fourth-order valence-corrected chi connectivity index (χ4v) is 3.64. The highest BCUT2D eigenvalue weighted by molar-refractivity contribution is 5.74. The van der Waals surface area contributed by atoms with Gasteiger partial charge in [-0.05, 0) is 19.8 Å². The van der Waals surface area contributed by atoms with Crippen molar-refractivity contribution in [3.05, 3.63) is 0 Å². The van der Waals surface area contributed by atoms with E-state index in [0.29, 0.717) is 5.92 Å². The number of urea groups is 1. The van der Waals surface area contributed by atoms with Crippen LogP contribution in [-0.4, -0.2) is 38.2 Å². The van der Waals surface area contributed by atoms with Gasteiger partial charge in [-0.15, -0.1) is 0 Å². The molecule has 6 heteroatoms. The summed E-state index contributed by atoms with van der Waals surface area (Å²) < 4.78 is 5.53. The molecule has 0 radical (unpaired) electrons. The van der Waals surface area contributed by atoms with Crippen LogP contribution in [-0.2, 0) is 4.74 Å². The molecule has 1 aliphatic heterocycles. The van der Waals surface area contributed by atoms with Crippen LogP contribution in [0.2, 0.25) is 0 Å². The normalized spacial score (nSPS) is 35.0. The molecule has 0 aromatic carbocycles. The third kappa shape index (κ3) is 4.08. The number of ether oxygens (including phenoxy) is 1. The van der Waals surface area contributed by atoms with E-state index in [1.54, 1.807) is 14.2 Å². The number of carbonyl (C=O) groups is 1.